The first-order chi connectivity index (χ1) is 9.47. The zero-order chi connectivity index (χ0) is 14.7. The Morgan fingerprint density at radius 1 is 1.30 bits per heavy atom. The minimum absolute atomic E-state index is 0.0379. The van der Waals surface area contributed by atoms with Crippen LogP contribution in [0, 0.1) is 24.0 Å². The largest absolute Gasteiger partial charge is 0.332 e. The van der Waals surface area contributed by atoms with Crippen LogP contribution >= 0.6 is 12.2 Å². The average molecular weight is 291 g/mol. The molecule has 0 saturated carbocycles. The first kappa shape index (κ1) is 13.9. The van der Waals surface area contributed by atoms with Gasteiger partial charge in [-0.15, -0.1) is 0 Å². The highest BCUT2D eigenvalue weighted by atomic mass is 32.1. The summed E-state index contributed by atoms with van der Waals surface area (Å²) in [4.78, 5) is 10.1. The second kappa shape index (κ2) is 5.66. The number of nitrogens with one attached hydrogen (secondary N) is 3. The van der Waals surface area contributed by atoms with Crippen molar-refractivity contribution in [3.05, 3.63) is 45.8 Å². The number of nitrogens with zero attached hydrogens (tertiary/aromatic N) is 2. The standard InChI is InChI=1S/C12H13N5O2S/c1-7-11(8(2)16-15-7)14-12(20)13-9-3-5-10(6-4-9)17(18)19/h3-6H,1-2H3,(H,15,16)(H2,13,14,20). The Morgan fingerprint density at radius 3 is 2.45 bits per heavy atom. The average Bonchev–Trinajstić information content (AvgIpc) is 2.71. The Labute approximate surface area is 120 Å². The van der Waals surface area contributed by atoms with Crippen LogP contribution in [0.4, 0.5) is 17.1 Å². The quantitative estimate of drug-likeness (QED) is 0.457. The van der Waals surface area contributed by atoms with Crippen molar-refractivity contribution in [3.8, 4) is 0 Å². The van der Waals surface area contributed by atoms with Gasteiger partial charge in [0.25, 0.3) is 5.69 Å². The van der Waals surface area contributed by atoms with E-state index in [9.17, 15) is 10.1 Å². The van der Waals surface area contributed by atoms with Gasteiger partial charge in [0.2, 0.25) is 0 Å². The summed E-state index contributed by atoms with van der Waals surface area (Å²) >= 11 is 5.19. The van der Waals surface area contributed by atoms with Crippen molar-refractivity contribution in [3.63, 3.8) is 0 Å². The first-order valence-corrected chi connectivity index (χ1v) is 6.22. The van der Waals surface area contributed by atoms with Gasteiger partial charge in [-0.2, -0.15) is 5.10 Å². The smallest absolute Gasteiger partial charge is 0.269 e. The Balaban J connectivity index is 2.03. The number of hydrogen-bond acceptors (Lipinski definition) is 4. The molecule has 0 unspecified atom stereocenters. The van der Waals surface area contributed by atoms with Crippen LogP contribution in [0.25, 0.3) is 0 Å². The molecule has 2 aromatic rings. The predicted molar refractivity (Wildman–Crippen MR) is 81.0 cm³/mol. The molecule has 0 radical (unpaired) electrons. The van der Waals surface area contributed by atoms with Crippen LogP contribution in [0.15, 0.2) is 24.3 Å². The van der Waals surface area contributed by atoms with Gasteiger partial charge in [0, 0.05) is 17.8 Å². The summed E-state index contributed by atoms with van der Waals surface area (Å²) in [7, 11) is 0. The van der Waals surface area contributed by atoms with Crippen LogP contribution in [0.2, 0.25) is 0 Å². The number of rotatable bonds is 3. The van der Waals surface area contributed by atoms with Gasteiger partial charge in [-0.05, 0) is 38.2 Å². The zero-order valence-electron chi connectivity index (χ0n) is 10.9. The number of aryl methyl sites for hydroxylation is 2. The van der Waals surface area contributed by atoms with E-state index < -0.39 is 4.92 Å². The number of non-ortho nitro benzene ring substituents is 1. The second-order valence-electron chi connectivity index (χ2n) is 4.19. The SMILES string of the molecule is Cc1n[nH]c(C)c1NC(=S)Nc1ccc([N+](=O)[O-])cc1. The third-order valence-corrected chi connectivity index (χ3v) is 2.91. The van der Waals surface area contributed by atoms with Gasteiger partial charge in [-0.3, -0.25) is 15.2 Å². The summed E-state index contributed by atoms with van der Waals surface area (Å²) in [6.07, 6.45) is 0. The van der Waals surface area contributed by atoms with Crippen LogP contribution in [-0.4, -0.2) is 20.2 Å². The van der Waals surface area contributed by atoms with E-state index in [1.165, 1.54) is 12.1 Å². The minimum Gasteiger partial charge on any atom is -0.332 e. The lowest BCUT2D eigenvalue weighted by Gasteiger charge is -2.10. The lowest BCUT2D eigenvalue weighted by Crippen LogP contribution is -2.19. The number of anilines is 2. The van der Waals surface area contributed by atoms with Gasteiger partial charge in [-0.25, -0.2) is 0 Å². The molecule has 20 heavy (non-hydrogen) atoms. The van der Waals surface area contributed by atoms with Crippen molar-refractivity contribution in [2.24, 2.45) is 0 Å². The molecule has 8 heteroatoms. The van der Waals surface area contributed by atoms with Crippen LogP contribution < -0.4 is 10.6 Å². The molecule has 0 aliphatic heterocycles. The van der Waals surface area contributed by atoms with E-state index in [1.54, 1.807) is 12.1 Å². The third kappa shape index (κ3) is 3.09. The van der Waals surface area contributed by atoms with Gasteiger partial charge >= 0.3 is 0 Å². The molecule has 3 N–H and O–H groups in total. The molecule has 0 amide bonds. The maximum Gasteiger partial charge on any atom is 0.269 e. The molecule has 2 rings (SSSR count). The summed E-state index contributed by atoms with van der Waals surface area (Å²) in [6, 6.07) is 6.03. The van der Waals surface area contributed by atoms with E-state index in [0.29, 0.717) is 10.8 Å². The molecule has 1 aromatic carbocycles. The Hall–Kier alpha value is -2.48. The fourth-order valence-corrected chi connectivity index (χ4v) is 1.90. The van der Waals surface area contributed by atoms with Gasteiger partial charge < -0.3 is 10.6 Å². The molecule has 0 atom stereocenters. The van der Waals surface area contributed by atoms with E-state index in [0.717, 1.165) is 17.1 Å². The van der Waals surface area contributed by atoms with Crippen LogP contribution in [0.5, 0.6) is 0 Å². The molecular formula is C12H13N5O2S. The topological polar surface area (TPSA) is 95.9 Å². The van der Waals surface area contributed by atoms with E-state index in [-0.39, 0.29) is 5.69 Å². The maximum absolute atomic E-state index is 10.6. The second-order valence-corrected chi connectivity index (χ2v) is 4.60. The summed E-state index contributed by atoms with van der Waals surface area (Å²) in [5, 5.41) is 23.9. The van der Waals surface area contributed by atoms with Crippen molar-refractivity contribution in [1.82, 2.24) is 10.2 Å². The summed E-state index contributed by atoms with van der Waals surface area (Å²) in [5.41, 5.74) is 3.23. The van der Waals surface area contributed by atoms with Crippen molar-refractivity contribution in [2.45, 2.75) is 13.8 Å². The van der Waals surface area contributed by atoms with Crippen LogP contribution in [-0.2, 0) is 0 Å². The van der Waals surface area contributed by atoms with E-state index in [1.807, 2.05) is 13.8 Å². The summed E-state index contributed by atoms with van der Waals surface area (Å²) in [6.45, 7) is 3.75. The number of nitro groups is 1. The fourth-order valence-electron chi connectivity index (χ4n) is 1.68. The molecule has 0 aliphatic rings. The van der Waals surface area contributed by atoms with Crippen molar-refractivity contribution >= 4 is 34.4 Å². The Bertz CT molecular complexity index is 631. The molecule has 0 saturated heterocycles. The van der Waals surface area contributed by atoms with Gasteiger partial charge in [0.15, 0.2) is 5.11 Å². The Kier molecular flexibility index (Phi) is 3.94. The highest BCUT2D eigenvalue weighted by Gasteiger charge is 2.09. The molecule has 1 aromatic heterocycles. The number of aromatic nitrogens is 2. The minimum atomic E-state index is -0.446. The van der Waals surface area contributed by atoms with Crippen LogP contribution in [0.1, 0.15) is 11.4 Å². The van der Waals surface area contributed by atoms with E-state index >= 15 is 0 Å². The molecule has 7 nitrogen and oxygen atoms in total. The number of aromatic amines is 1. The van der Waals surface area contributed by atoms with E-state index in [2.05, 4.69) is 20.8 Å². The number of thiocarbonyl (C=S) groups is 1. The summed E-state index contributed by atoms with van der Waals surface area (Å²) < 4.78 is 0. The number of hydrogen-bond donors (Lipinski definition) is 3. The predicted octanol–water partition coefficient (Wildman–Crippen LogP) is 2.74. The first-order valence-electron chi connectivity index (χ1n) is 5.81. The van der Waals surface area contributed by atoms with E-state index in [4.69, 9.17) is 12.2 Å². The van der Waals surface area contributed by atoms with Gasteiger partial charge in [-0.1, -0.05) is 0 Å². The summed E-state index contributed by atoms with van der Waals surface area (Å²) in [5.74, 6) is 0. The zero-order valence-corrected chi connectivity index (χ0v) is 11.7. The molecule has 0 fully saturated rings. The van der Waals surface area contributed by atoms with Crippen molar-refractivity contribution in [2.75, 3.05) is 10.6 Å². The normalized spacial score (nSPS) is 10.1. The molecule has 0 bridgehead atoms. The number of benzene rings is 1. The monoisotopic (exact) mass is 291 g/mol. The molecule has 1 heterocycles. The Morgan fingerprint density at radius 2 is 1.95 bits per heavy atom. The lowest BCUT2D eigenvalue weighted by molar-refractivity contribution is -0.384. The highest BCUT2D eigenvalue weighted by Crippen LogP contribution is 2.18. The highest BCUT2D eigenvalue weighted by molar-refractivity contribution is 7.80. The maximum atomic E-state index is 10.6. The van der Waals surface area contributed by atoms with Crippen LogP contribution in [0.3, 0.4) is 0 Å². The van der Waals surface area contributed by atoms with Crippen molar-refractivity contribution < 1.29 is 4.92 Å². The molecule has 0 aliphatic carbocycles. The molecule has 104 valence electrons. The number of nitro benzene ring substituents is 1. The molecular weight excluding hydrogens is 278 g/mol. The fraction of sp³-hybridized carbons (Fsp3) is 0.167. The van der Waals surface area contributed by atoms with Gasteiger partial charge in [0.05, 0.1) is 22.0 Å². The van der Waals surface area contributed by atoms with Crippen molar-refractivity contribution in [1.29, 1.82) is 0 Å². The third-order valence-electron chi connectivity index (χ3n) is 2.70. The number of H-pyrrole nitrogens is 1. The lowest BCUT2D eigenvalue weighted by atomic mass is 10.3. The molecule has 0 spiro atoms. The van der Waals surface area contributed by atoms with Gasteiger partial charge in [0.1, 0.15) is 0 Å².